The number of ether oxygens (including phenoxy) is 1. The van der Waals surface area contributed by atoms with Gasteiger partial charge in [-0.3, -0.25) is 0 Å². The molecular formula is C4H6N2O4. The third-order valence-electron chi connectivity index (χ3n) is 0.485. The SMILES string of the molecule is CCOC(=O)N=NC(=O)O. The van der Waals surface area contributed by atoms with Crippen LogP contribution in [0.1, 0.15) is 6.92 Å². The lowest BCUT2D eigenvalue weighted by molar-refractivity contribution is 0.160. The Morgan fingerprint density at radius 2 is 2.10 bits per heavy atom. The Labute approximate surface area is 56.5 Å². The molecule has 0 aromatic rings. The standard InChI is InChI=1S/C4H6N2O4/c1-2-10-4(9)6-5-3(7)8/h2H2,1H3,(H,7,8). The van der Waals surface area contributed by atoms with Crippen LogP contribution >= 0.6 is 0 Å². The molecule has 6 nitrogen and oxygen atoms in total. The first-order valence-corrected chi connectivity index (χ1v) is 2.48. The molecular weight excluding hydrogens is 140 g/mol. The van der Waals surface area contributed by atoms with Crippen LogP contribution in [-0.4, -0.2) is 23.9 Å². The van der Waals surface area contributed by atoms with Crippen molar-refractivity contribution in [3.8, 4) is 0 Å². The molecule has 0 aliphatic heterocycles. The summed E-state index contributed by atoms with van der Waals surface area (Å²) in [5.74, 6) is 0. The van der Waals surface area contributed by atoms with E-state index in [0.717, 1.165) is 0 Å². The van der Waals surface area contributed by atoms with E-state index in [1.165, 1.54) is 0 Å². The van der Waals surface area contributed by atoms with Crippen LogP contribution in [-0.2, 0) is 4.74 Å². The first-order chi connectivity index (χ1) is 4.66. The molecule has 0 bridgehead atoms. The maximum Gasteiger partial charge on any atom is 0.452 e. The molecule has 0 spiro atoms. The Balaban J connectivity index is 3.67. The lowest BCUT2D eigenvalue weighted by Crippen LogP contribution is -1.97. The molecule has 0 aromatic heterocycles. The average molecular weight is 146 g/mol. The third kappa shape index (κ3) is 4.69. The number of amides is 2. The van der Waals surface area contributed by atoms with E-state index in [4.69, 9.17) is 5.11 Å². The molecule has 0 heterocycles. The van der Waals surface area contributed by atoms with E-state index >= 15 is 0 Å². The first kappa shape index (κ1) is 8.54. The van der Waals surface area contributed by atoms with E-state index in [0.29, 0.717) is 0 Å². The Morgan fingerprint density at radius 3 is 2.50 bits per heavy atom. The van der Waals surface area contributed by atoms with Gasteiger partial charge in [-0.25, -0.2) is 9.59 Å². The molecule has 0 fully saturated rings. The van der Waals surface area contributed by atoms with Crippen LogP contribution in [0.2, 0.25) is 0 Å². The fourth-order valence-corrected chi connectivity index (χ4v) is 0.236. The fraction of sp³-hybridized carbons (Fsp3) is 0.500. The number of azo groups is 1. The lowest BCUT2D eigenvalue weighted by Gasteiger charge is -1.89. The summed E-state index contributed by atoms with van der Waals surface area (Å²) in [6.45, 7) is 1.73. The highest BCUT2D eigenvalue weighted by Gasteiger charge is 1.97. The largest absolute Gasteiger partial charge is 0.462 e. The first-order valence-electron chi connectivity index (χ1n) is 2.48. The minimum atomic E-state index is -1.52. The summed E-state index contributed by atoms with van der Waals surface area (Å²) in [6, 6.07) is 0. The Hall–Kier alpha value is -1.46. The lowest BCUT2D eigenvalue weighted by atomic mass is 10.9. The summed E-state index contributed by atoms with van der Waals surface area (Å²) in [4.78, 5) is 19.8. The van der Waals surface area contributed by atoms with Gasteiger partial charge in [0.2, 0.25) is 0 Å². The molecule has 56 valence electrons. The van der Waals surface area contributed by atoms with Gasteiger partial charge < -0.3 is 9.84 Å². The maximum atomic E-state index is 10.2. The molecule has 10 heavy (non-hydrogen) atoms. The molecule has 0 rings (SSSR count). The van der Waals surface area contributed by atoms with E-state index in [1.807, 2.05) is 0 Å². The zero-order valence-electron chi connectivity index (χ0n) is 5.27. The highest BCUT2D eigenvalue weighted by Crippen LogP contribution is 1.84. The number of hydrogen-bond acceptors (Lipinski definition) is 3. The zero-order chi connectivity index (χ0) is 7.98. The van der Waals surface area contributed by atoms with Gasteiger partial charge >= 0.3 is 12.2 Å². The quantitative estimate of drug-likeness (QED) is 0.564. The third-order valence-corrected chi connectivity index (χ3v) is 0.485. The summed E-state index contributed by atoms with van der Waals surface area (Å²) >= 11 is 0. The molecule has 0 aliphatic rings. The van der Waals surface area contributed by atoms with Crippen LogP contribution in [0.5, 0.6) is 0 Å². The predicted octanol–water partition coefficient (Wildman–Crippen LogP) is 1.27. The number of carbonyl (C=O) groups is 2. The minimum Gasteiger partial charge on any atom is -0.462 e. The van der Waals surface area contributed by atoms with Crippen LogP contribution in [0, 0.1) is 0 Å². The summed E-state index contributed by atoms with van der Waals surface area (Å²) in [5.41, 5.74) is 0. The monoisotopic (exact) mass is 146 g/mol. The molecule has 0 saturated carbocycles. The van der Waals surface area contributed by atoms with Gasteiger partial charge in [-0.05, 0) is 6.92 Å². The van der Waals surface area contributed by atoms with Crippen molar-refractivity contribution in [2.24, 2.45) is 10.2 Å². The van der Waals surface area contributed by atoms with Gasteiger partial charge in [-0.1, -0.05) is 10.2 Å². The summed E-state index contributed by atoms with van der Waals surface area (Å²) in [6.07, 6.45) is -2.52. The Morgan fingerprint density at radius 1 is 1.50 bits per heavy atom. The Bertz CT molecular complexity index is 165. The van der Waals surface area contributed by atoms with Gasteiger partial charge in [0.15, 0.2) is 0 Å². The van der Waals surface area contributed by atoms with Crippen molar-refractivity contribution in [2.75, 3.05) is 6.61 Å². The summed E-state index contributed by atoms with van der Waals surface area (Å²) in [5, 5.41) is 13.1. The minimum absolute atomic E-state index is 0.150. The van der Waals surface area contributed by atoms with Crippen LogP contribution in [0.4, 0.5) is 9.59 Å². The number of carboxylic acid groups (broad SMARTS) is 1. The van der Waals surface area contributed by atoms with Crippen LogP contribution in [0.25, 0.3) is 0 Å². The van der Waals surface area contributed by atoms with Crippen molar-refractivity contribution in [2.45, 2.75) is 6.92 Å². The van der Waals surface area contributed by atoms with Gasteiger partial charge in [0.1, 0.15) is 0 Å². The number of hydrogen-bond donors (Lipinski definition) is 1. The van der Waals surface area contributed by atoms with Gasteiger partial charge in [0.25, 0.3) is 0 Å². The number of carbonyl (C=O) groups excluding carboxylic acids is 1. The molecule has 0 unspecified atom stereocenters. The average Bonchev–Trinajstić information content (AvgIpc) is 1.85. The number of nitrogens with zero attached hydrogens (tertiary/aromatic N) is 2. The normalized spacial score (nSPS) is 9.70. The number of rotatable bonds is 1. The van der Waals surface area contributed by atoms with Gasteiger partial charge in [-0.2, -0.15) is 0 Å². The van der Waals surface area contributed by atoms with Crippen LogP contribution in [0.15, 0.2) is 10.2 Å². The van der Waals surface area contributed by atoms with Crippen molar-refractivity contribution in [1.82, 2.24) is 0 Å². The van der Waals surface area contributed by atoms with E-state index < -0.39 is 12.2 Å². The molecule has 0 aromatic carbocycles. The van der Waals surface area contributed by atoms with E-state index in [-0.39, 0.29) is 6.61 Å². The predicted molar refractivity (Wildman–Crippen MR) is 29.9 cm³/mol. The van der Waals surface area contributed by atoms with E-state index in [9.17, 15) is 9.59 Å². The van der Waals surface area contributed by atoms with Gasteiger partial charge in [0, 0.05) is 0 Å². The molecule has 0 saturated heterocycles. The second-order valence-corrected chi connectivity index (χ2v) is 1.18. The maximum absolute atomic E-state index is 10.2. The summed E-state index contributed by atoms with van der Waals surface area (Å²) in [7, 11) is 0. The van der Waals surface area contributed by atoms with E-state index in [2.05, 4.69) is 15.0 Å². The van der Waals surface area contributed by atoms with Crippen molar-refractivity contribution in [3.05, 3.63) is 0 Å². The van der Waals surface area contributed by atoms with Gasteiger partial charge in [-0.15, -0.1) is 0 Å². The smallest absolute Gasteiger partial charge is 0.452 e. The van der Waals surface area contributed by atoms with Crippen LogP contribution in [0.3, 0.4) is 0 Å². The molecule has 0 radical (unpaired) electrons. The fourth-order valence-electron chi connectivity index (χ4n) is 0.236. The van der Waals surface area contributed by atoms with Crippen molar-refractivity contribution in [1.29, 1.82) is 0 Å². The molecule has 6 heteroatoms. The molecule has 1 N–H and O–H groups in total. The Kier molecular flexibility index (Phi) is 3.78. The van der Waals surface area contributed by atoms with Gasteiger partial charge in [0.05, 0.1) is 6.61 Å². The second-order valence-electron chi connectivity index (χ2n) is 1.18. The topological polar surface area (TPSA) is 88.3 Å². The molecule has 0 atom stereocenters. The molecule has 2 amide bonds. The van der Waals surface area contributed by atoms with Crippen LogP contribution < -0.4 is 0 Å². The van der Waals surface area contributed by atoms with Crippen molar-refractivity contribution >= 4 is 12.2 Å². The van der Waals surface area contributed by atoms with Crippen molar-refractivity contribution in [3.63, 3.8) is 0 Å². The molecule has 0 aliphatic carbocycles. The van der Waals surface area contributed by atoms with E-state index in [1.54, 1.807) is 6.92 Å². The zero-order valence-corrected chi connectivity index (χ0v) is 5.27. The summed E-state index contributed by atoms with van der Waals surface area (Å²) < 4.78 is 4.23. The highest BCUT2D eigenvalue weighted by molar-refractivity contribution is 5.71. The van der Waals surface area contributed by atoms with Crippen molar-refractivity contribution < 1.29 is 19.4 Å². The highest BCUT2D eigenvalue weighted by atomic mass is 16.5. The second kappa shape index (κ2) is 4.42.